The number of likely N-dealkylation sites (N-methyl/N-ethyl adjacent to an activating group) is 1. The minimum atomic E-state index is -0.594. The third kappa shape index (κ3) is 2.93. The largest absolute Gasteiger partial charge is 0.492 e. The third-order valence-corrected chi connectivity index (χ3v) is 1.91. The highest BCUT2D eigenvalue weighted by Crippen LogP contribution is 2.23. The van der Waals surface area contributed by atoms with Gasteiger partial charge in [-0.2, -0.15) is 5.26 Å². The van der Waals surface area contributed by atoms with E-state index in [9.17, 15) is 10.1 Å². The van der Waals surface area contributed by atoms with Gasteiger partial charge in [-0.25, -0.2) is 0 Å². The van der Waals surface area contributed by atoms with Gasteiger partial charge in [0.25, 0.3) is 5.69 Å². The maximum Gasteiger partial charge on any atom is 0.290 e. The second-order valence-electron chi connectivity index (χ2n) is 3.00. The van der Waals surface area contributed by atoms with Gasteiger partial charge in [-0.05, 0) is 19.2 Å². The topological polar surface area (TPSA) is 88.2 Å². The number of nitro groups is 1. The molecule has 0 spiro atoms. The molecule has 16 heavy (non-hydrogen) atoms. The number of hydrogen-bond acceptors (Lipinski definition) is 5. The molecule has 0 amide bonds. The Morgan fingerprint density at radius 3 is 2.94 bits per heavy atom. The third-order valence-electron chi connectivity index (χ3n) is 1.91. The number of rotatable bonds is 5. The van der Waals surface area contributed by atoms with Crippen LogP contribution < -0.4 is 10.1 Å². The van der Waals surface area contributed by atoms with E-state index in [1.807, 2.05) is 0 Å². The second-order valence-corrected chi connectivity index (χ2v) is 3.00. The van der Waals surface area contributed by atoms with E-state index in [-0.39, 0.29) is 11.3 Å². The average molecular weight is 221 g/mol. The fourth-order valence-corrected chi connectivity index (χ4v) is 1.12. The molecule has 6 heteroatoms. The Hall–Kier alpha value is -2.13. The van der Waals surface area contributed by atoms with Crippen LogP contribution >= 0.6 is 0 Å². The quantitative estimate of drug-likeness (QED) is 0.456. The lowest BCUT2D eigenvalue weighted by molar-refractivity contribution is -0.385. The summed E-state index contributed by atoms with van der Waals surface area (Å²) in [5.41, 5.74) is -0.199. The highest BCUT2D eigenvalue weighted by atomic mass is 16.6. The van der Waals surface area contributed by atoms with Crippen molar-refractivity contribution in [2.45, 2.75) is 0 Å². The summed E-state index contributed by atoms with van der Waals surface area (Å²) in [5.74, 6) is 0.390. The Labute approximate surface area is 92.6 Å². The maximum absolute atomic E-state index is 10.6. The van der Waals surface area contributed by atoms with E-state index >= 15 is 0 Å². The van der Waals surface area contributed by atoms with Gasteiger partial charge < -0.3 is 10.1 Å². The standard InChI is InChI=1S/C10H11N3O3/c1-12-4-5-16-9-3-2-8(7-11)10(6-9)13(14)15/h2-3,6,12H,4-5H2,1H3. The first-order valence-corrected chi connectivity index (χ1v) is 4.65. The Morgan fingerprint density at radius 1 is 1.62 bits per heavy atom. The van der Waals surface area contributed by atoms with E-state index in [0.717, 1.165) is 0 Å². The number of nitrogens with one attached hydrogen (secondary N) is 1. The van der Waals surface area contributed by atoms with E-state index < -0.39 is 4.92 Å². The van der Waals surface area contributed by atoms with Crippen molar-refractivity contribution in [2.24, 2.45) is 0 Å². The molecule has 0 aliphatic heterocycles. The molecule has 0 heterocycles. The molecule has 0 unspecified atom stereocenters. The molecule has 0 radical (unpaired) electrons. The Morgan fingerprint density at radius 2 is 2.38 bits per heavy atom. The molecule has 0 bridgehead atoms. The smallest absolute Gasteiger partial charge is 0.290 e. The van der Waals surface area contributed by atoms with Gasteiger partial charge in [0.2, 0.25) is 0 Å². The number of ether oxygens (including phenoxy) is 1. The first-order valence-electron chi connectivity index (χ1n) is 4.65. The van der Waals surface area contributed by atoms with Crippen LogP contribution in [-0.4, -0.2) is 25.1 Å². The van der Waals surface area contributed by atoms with Gasteiger partial charge in [0.05, 0.1) is 11.0 Å². The fourth-order valence-electron chi connectivity index (χ4n) is 1.12. The molecule has 0 saturated carbocycles. The van der Waals surface area contributed by atoms with Crippen molar-refractivity contribution in [2.75, 3.05) is 20.2 Å². The number of nitro benzene ring substituents is 1. The van der Waals surface area contributed by atoms with Crippen LogP contribution in [0.5, 0.6) is 5.75 Å². The fraction of sp³-hybridized carbons (Fsp3) is 0.300. The van der Waals surface area contributed by atoms with E-state index in [0.29, 0.717) is 18.9 Å². The second kappa shape index (κ2) is 5.68. The maximum atomic E-state index is 10.6. The molecule has 6 nitrogen and oxygen atoms in total. The van der Waals surface area contributed by atoms with Gasteiger partial charge in [-0.15, -0.1) is 0 Å². The first kappa shape index (κ1) is 11.9. The van der Waals surface area contributed by atoms with Gasteiger partial charge >= 0.3 is 0 Å². The number of hydrogen-bond donors (Lipinski definition) is 1. The molecule has 1 aromatic rings. The van der Waals surface area contributed by atoms with Crippen molar-refractivity contribution in [3.63, 3.8) is 0 Å². The number of nitrogens with zero attached hydrogens (tertiary/aromatic N) is 2. The number of nitriles is 1. The normalized spacial score (nSPS) is 9.50. The van der Waals surface area contributed by atoms with Crippen molar-refractivity contribution in [1.82, 2.24) is 5.32 Å². The van der Waals surface area contributed by atoms with Gasteiger partial charge in [0.15, 0.2) is 0 Å². The molecule has 1 aromatic carbocycles. The first-order chi connectivity index (χ1) is 7.69. The highest BCUT2D eigenvalue weighted by molar-refractivity contribution is 5.52. The summed E-state index contributed by atoms with van der Waals surface area (Å²) >= 11 is 0. The predicted molar refractivity (Wildman–Crippen MR) is 57.2 cm³/mol. The zero-order valence-corrected chi connectivity index (χ0v) is 8.77. The molecule has 0 aliphatic carbocycles. The van der Waals surface area contributed by atoms with Crippen molar-refractivity contribution >= 4 is 5.69 Å². The van der Waals surface area contributed by atoms with Gasteiger partial charge in [0, 0.05) is 6.54 Å². The van der Waals surface area contributed by atoms with Crippen molar-refractivity contribution in [3.8, 4) is 11.8 Å². The molecule has 0 fully saturated rings. The molecule has 0 aliphatic rings. The lowest BCUT2D eigenvalue weighted by atomic mass is 10.2. The van der Waals surface area contributed by atoms with Crippen LogP contribution in [0.25, 0.3) is 0 Å². The van der Waals surface area contributed by atoms with Crippen molar-refractivity contribution in [1.29, 1.82) is 5.26 Å². The van der Waals surface area contributed by atoms with Gasteiger partial charge in [-0.1, -0.05) is 0 Å². The summed E-state index contributed by atoms with van der Waals surface area (Å²) in [4.78, 5) is 10.1. The summed E-state index contributed by atoms with van der Waals surface area (Å²) < 4.78 is 5.26. The Kier molecular flexibility index (Phi) is 4.24. The van der Waals surface area contributed by atoms with Crippen LogP contribution in [0.4, 0.5) is 5.69 Å². The summed E-state index contributed by atoms with van der Waals surface area (Å²) in [6.45, 7) is 1.06. The molecule has 1 N–H and O–H groups in total. The zero-order chi connectivity index (χ0) is 12.0. The lowest BCUT2D eigenvalue weighted by Crippen LogP contribution is -2.15. The van der Waals surface area contributed by atoms with Crippen LogP contribution in [0.15, 0.2) is 18.2 Å². The number of benzene rings is 1. The average Bonchev–Trinajstić information content (AvgIpc) is 2.29. The molecular formula is C10H11N3O3. The van der Waals surface area contributed by atoms with Crippen molar-refractivity contribution < 1.29 is 9.66 Å². The summed E-state index contributed by atoms with van der Waals surface area (Å²) in [5, 5.41) is 22.2. The van der Waals surface area contributed by atoms with Crippen LogP contribution in [0.2, 0.25) is 0 Å². The Balaban J connectivity index is 2.86. The van der Waals surface area contributed by atoms with Gasteiger partial charge in [0.1, 0.15) is 24.0 Å². The lowest BCUT2D eigenvalue weighted by Gasteiger charge is -2.05. The van der Waals surface area contributed by atoms with E-state index in [4.69, 9.17) is 10.00 Å². The minimum absolute atomic E-state index is 0.0333. The van der Waals surface area contributed by atoms with Crippen LogP contribution in [0, 0.1) is 21.4 Å². The zero-order valence-electron chi connectivity index (χ0n) is 8.77. The van der Waals surface area contributed by atoms with Crippen molar-refractivity contribution in [3.05, 3.63) is 33.9 Å². The summed E-state index contributed by atoms with van der Waals surface area (Å²) in [6, 6.07) is 5.94. The summed E-state index contributed by atoms with van der Waals surface area (Å²) in [7, 11) is 1.78. The van der Waals surface area contributed by atoms with E-state index in [2.05, 4.69) is 5.32 Å². The Bertz CT molecular complexity index is 426. The molecule has 84 valence electrons. The van der Waals surface area contributed by atoms with Crippen LogP contribution in [0.1, 0.15) is 5.56 Å². The van der Waals surface area contributed by atoms with Gasteiger partial charge in [-0.3, -0.25) is 10.1 Å². The van der Waals surface area contributed by atoms with E-state index in [1.165, 1.54) is 12.1 Å². The molecule has 0 atom stereocenters. The molecule has 0 aromatic heterocycles. The summed E-state index contributed by atoms with van der Waals surface area (Å²) in [6.07, 6.45) is 0. The SMILES string of the molecule is CNCCOc1ccc(C#N)c([N+](=O)[O-])c1. The van der Waals surface area contributed by atoms with Crippen LogP contribution in [0.3, 0.4) is 0 Å². The highest BCUT2D eigenvalue weighted by Gasteiger charge is 2.14. The monoisotopic (exact) mass is 221 g/mol. The molecular weight excluding hydrogens is 210 g/mol. The molecule has 1 rings (SSSR count). The van der Waals surface area contributed by atoms with Crippen LogP contribution in [-0.2, 0) is 0 Å². The minimum Gasteiger partial charge on any atom is -0.492 e. The molecule has 0 saturated heterocycles. The predicted octanol–water partition coefficient (Wildman–Crippen LogP) is 1.06. The van der Waals surface area contributed by atoms with E-state index in [1.54, 1.807) is 19.2 Å².